The molecule has 34 heteroatoms. The fraction of sp³-hybridized carbons (Fsp3) is 0.533. The van der Waals surface area contributed by atoms with Crippen molar-refractivity contribution in [1.82, 2.24) is 51.5 Å². The molecule has 0 bridgehead atoms. The van der Waals surface area contributed by atoms with E-state index < -0.39 is 177 Å². The maximum Gasteiger partial charge on any atom is 1.00 e. The van der Waals surface area contributed by atoms with Gasteiger partial charge in [0.2, 0.25) is 41.4 Å². The molecule has 3 aromatic carbocycles. The number of fused-ring (bicyclic) bond motifs is 2. The molecule has 94 heavy (non-hydrogen) atoms. The minimum Gasteiger partial charge on any atom is -0.691 e. The number of nitrogens with two attached hydrogens (primary N) is 1. The number of carbonyl (C=O) groups excluding carboxylic acids is 8. The number of aliphatic hydroxyl groups is 6. The normalized spacial score (nSPS) is 26.7. The van der Waals surface area contributed by atoms with Crippen LogP contribution in [0.2, 0.25) is 0 Å². The summed E-state index contributed by atoms with van der Waals surface area (Å²) in [5, 5.41) is 114. The van der Waals surface area contributed by atoms with Gasteiger partial charge < -0.3 is 92.2 Å². The second-order valence-electron chi connectivity index (χ2n) is 24.1. The minimum atomic E-state index is -2.22. The summed E-state index contributed by atoms with van der Waals surface area (Å²) in [7, 11) is 0. The zero-order chi connectivity index (χ0) is 66.8. The van der Waals surface area contributed by atoms with E-state index in [1.54, 1.807) is 12.1 Å². The number of aliphatic hydroxyl groups excluding tert-OH is 6. The minimum absolute atomic E-state index is 0. The molecule has 13 atom stereocenters. The van der Waals surface area contributed by atoms with E-state index in [0.717, 1.165) is 66.3 Å². The van der Waals surface area contributed by atoms with Crippen molar-refractivity contribution in [3.63, 3.8) is 0 Å². The predicted molar refractivity (Wildman–Crippen MR) is 329 cm³/mol. The maximum absolute atomic E-state index is 14.7. The van der Waals surface area contributed by atoms with Gasteiger partial charge in [0.15, 0.2) is 11.5 Å². The number of primary amides is 1. The van der Waals surface area contributed by atoms with Gasteiger partial charge in [-0.15, -0.1) is 14.5 Å². The number of nitrogens with zero attached hydrogens (tertiary/aromatic N) is 6. The summed E-state index contributed by atoms with van der Waals surface area (Å²) in [6, 6.07) is 6.80. The van der Waals surface area contributed by atoms with Crippen LogP contribution in [-0.4, -0.2) is 233 Å². The summed E-state index contributed by atoms with van der Waals surface area (Å²) >= 11 is 1.33. The molecule has 4 aromatic rings. The van der Waals surface area contributed by atoms with Crippen LogP contribution >= 0.6 is 23.7 Å². The van der Waals surface area contributed by atoms with E-state index in [1.807, 2.05) is 12.1 Å². The van der Waals surface area contributed by atoms with Crippen molar-refractivity contribution in [2.75, 3.05) is 50.7 Å². The van der Waals surface area contributed by atoms with Crippen molar-refractivity contribution in [3.8, 4) is 32.6 Å². The number of piperazine rings is 1. The SMILES string of the molecule is CC(O)C1NC(=O)C(NC(=O)c2ccc(-c3nnc(-c4ccc(N5CCN(C6CCCCC6)CC5)cc4)s3)cc2)CC(O)CNC(=O)C2C(O)C(C)CN2C(=O)C(C(O)CC(N)=O)NC(=O)C(C(O)Cc2ccc(O)c(OSOO[O-])c2)NC(=O)C2CC(O)CN2C1=O.[Na+]. The van der Waals surface area contributed by atoms with Crippen molar-refractivity contribution >= 4 is 76.6 Å². The molecule has 13 unspecified atom stereocenters. The number of β-amino-alcohol motifs (C(OH)–C–C–N with tert-alkyl or cyclic N) is 1. The summed E-state index contributed by atoms with van der Waals surface area (Å²) < 4.78 is 9.16. The largest absolute Gasteiger partial charge is 1.00 e. The summed E-state index contributed by atoms with van der Waals surface area (Å²) in [4.78, 5) is 120. The smallest absolute Gasteiger partial charge is 0.691 e. The third-order valence-electron chi connectivity index (χ3n) is 17.5. The predicted octanol–water partition coefficient (Wildman–Crippen LogP) is -5.97. The molecule has 1 saturated carbocycles. The number of hydrogen-bond donors (Lipinski definition) is 13. The van der Waals surface area contributed by atoms with Gasteiger partial charge in [0.25, 0.3) is 18.2 Å². The first kappa shape index (κ1) is 73.1. The van der Waals surface area contributed by atoms with Gasteiger partial charge in [0.05, 0.1) is 43.0 Å². The first-order valence-electron chi connectivity index (χ1n) is 30.6. The van der Waals surface area contributed by atoms with Gasteiger partial charge in [-0.25, -0.2) is 0 Å². The number of nitrogens with one attached hydrogen (secondary N) is 5. The number of rotatable bonds is 17. The molecule has 9 rings (SSSR count). The number of phenolic OH excluding ortho intramolecular Hbond substituents is 1. The van der Waals surface area contributed by atoms with Gasteiger partial charge in [-0.1, -0.05) is 55.7 Å². The van der Waals surface area contributed by atoms with Crippen LogP contribution in [0.5, 0.6) is 11.5 Å². The number of carbonyl (C=O) groups is 8. The fourth-order valence-electron chi connectivity index (χ4n) is 12.5. The van der Waals surface area contributed by atoms with E-state index in [4.69, 9.17) is 9.92 Å². The Labute approximate surface area is 570 Å². The third kappa shape index (κ3) is 18.1. The number of aromatic nitrogens is 2. The van der Waals surface area contributed by atoms with E-state index in [0.29, 0.717) is 21.6 Å². The molecule has 5 aliphatic rings. The molecule has 0 spiro atoms. The summed E-state index contributed by atoms with van der Waals surface area (Å²) in [6.45, 7) is 4.83. The van der Waals surface area contributed by atoms with Crippen molar-refractivity contribution in [2.45, 2.75) is 151 Å². The first-order valence-corrected chi connectivity index (χ1v) is 32.1. The van der Waals surface area contributed by atoms with Crippen LogP contribution in [0, 0.1) is 5.92 Å². The fourth-order valence-corrected chi connectivity index (χ4v) is 13.6. The molecular weight excluding hydrogens is 1280 g/mol. The van der Waals surface area contributed by atoms with Gasteiger partial charge in [0, 0.05) is 99.4 Å². The topological polar surface area (TPSA) is 454 Å². The van der Waals surface area contributed by atoms with E-state index in [-0.39, 0.29) is 58.8 Å². The number of aromatic hydroxyl groups is 1. The molecule has 1 aliphatic carbocycles. The molecule has 5 fully saturated rings. The zero-order valence-electron chi connectivity index (χ0n) is 51.9. The van der Waals surface area contributed by atoms with Crippen LogP contribution in [0.4, 0.5) is 5.69 Å². The quantitative estimate of drug-likeness (QED) is 0.0154. The second kappa shape index (κ2) is 33.3. The Kier molecular flexibility index (Phi) is 25.9. The molecular formula is C60H77N12NaO19S2. The zero-order valence-corrected chi connectivity index (χ0v) is 55.5. The van der Waals surface area contributed by atoms with E-state index >= 15 is 0 Å². The van der Waals surface area contributed by atoms with Crippen LogP contribution in [0.25, 0.3) is 21.1 Å². The average molecular weight is 1360 g/mol. The van der Waals surface area contributed by atoms with Crippen LogP contribution in [-0.2, 0) is 49.4 Å². The molecule has 1 aromatic heterocycles. The molecule has 5 heterocycles. The Hall–Kier alpha value is -6.67. The molecule has 31 nitrogen and oxygen atoms in total. The average Bonchev–Trinajstić information content (AvgIpc) is 1.62. The van der Waals surface area contributed by atoms with Crippen molar-refractivity contribution < 1.29 is 122 Å². The number of hydrogen-bond acceptors (Lipinski definition) is 25. The molecule has 8 amide bonds. The summed E-state index contributed by atoms with van der Waals surface area (Å²) in [5.74, 6) is -11.1. The number of amides is 8. The number of phenols is 1. The maximum atomic E-state index is 14.7. The van der Waals surface area contributed by atoms with Gasteiger partial charge in [-0.05, 0) is 73.9 Å². The van der Waals surface area contributed by atoms with Gasteiger partial charge >= 0.3 is 29.6 Å². The van der Waals surface area contributed by atoms with E-state index in [2.05, 4.69) is 68.1 Å². The molecule has 504 valence electrons. The third-order valence-corrected chi connectivity index (χ3v) is 18.9. The Bertz CT molecular complexity index is 3310. The van der Waals surface area contributed by atoms with Crippen molar-refractivity contribution in [3.05, 3.63) is 77.9 Å². The molecule has 14 N–H and O–H groups in total. The Morgan fingerprint density at radius 1 is 0.766 bits per heavy atom. The number of anilines is 1. The van der Waals surface area contributed by atoms with Crippen molar-refractivity contribution in [2.24, 2.45) is 11.7 Å². The summed E-state index contributed by atoms with van der Waals surface area (Å²) in [5.41, 5.74) is 8.11. The van der Waals surface area contributed by atoms with E-state index in [9.17, 15) is 79.4 Å². The first-order chi connectivity index (χ1) is 44.5. The van der Waals surface area contributed by atoms with Crippen LogP contribution in [0.3, 0.4) is 0 Å². The summed E-state index contributed by atoms with van der Waals surface area (Å²) in [6.07, 6.45) is -7.16. The molecule has 4 saturated heterocycles. The van der Waals surface area contributed by atoms with Crippen LogP contribution in [0.15, 0.2) is 66.7 Å². The second-order valence-corrected chi connectivity index (χ2v) is 25.5. The monoisotopic (exact) mass is 1360 g/mol. The van der Waals surface area contributed by atoms with Crippen LogP contribution in [0.1, 0.15) is 81.1 Å². The Balaban J connectivity index is 0.0000113. The van der Waals surface area contributed by atoms with Crippen molar-refractivity contribution in [1.29, 1.82) is 0 Å². The van der Waals surface area contributed by atoms with Gasteiger partial charge in [-0.2, -0.15) is 0 Å². The van der Waals surface area contributed by atoms with Gasteiger partial charge in [0.1, 0.15) is 46.3 Å². The van der Waals surface area contributed by atoms with Crippen LogP contribution < -0.4 is 76.2 Å². The van der Waals surface area contributed by atoms with Gasteiger partial charge in [-0.3, -0.25) is 48.3 Å². The molecule has 4 aliphatic heterocycles. The number of benzene rings is 3. The standard InChI is InChI=1S/C60H78N12O19S2.Na/c1-30-28-72-50(51(30)80)56(85)62-27-38(74)24-40(63-52(81)33-9-11-34(12-10-33)57-67-68-58(92-57)35-13-15-37(16-14-35)70-20-18-69(19-21-70)36-6-4-3-5-7-36)53(82)64-47(31(2)73)59(86)71-29-39(75)25-41(71)54(83)65-48(55(84)66-49(60(72)87)44(78)26-46(61)79)43(77)22-32-8-17-42(76)45(23-32)89-93-91-90-88;/h8-17,23,30-31,36,38-41,43-44,47-51,73-78,80,88H,3-7,18-22,24-29H2,1-2H3,(H2,61,79)(H,62,85)(H,63,81)(H,64,82)(H,65,83)(H,66,84);/q;+1/p-1. The van der Waals surface area contributed by atoms with E-state index in [1.165, 1.54) is 68.6 Å². The molecule has 0 radical (unpaired) electrons. The Morgan fingerprint density at radius 3 is 2.03 bits per heavy atom. The Morgan fingerprint density at radius 2 is 1.39 bits per heavy atom.